The number of nitriles is 1. The zero-order chi connectivity index (χ0) is 19.2. The molecule has 0 aromatic heterocycles. The third kappa shape index (κ3) is 4.12. The van der Waals surface area contributed by atoms with Crippen LogP contribution in [0.3, 0.4) is 0 Å². The van der Waals surface area contributed by atoms with Gasteiger partial charge in [-0.25, -0.2) is 0 Å². The summed E-state index contributed by atoms with van der Waals surface area (Å²) in [5.41, 5.74) is 4.34. The molecule has 0 aliphatic heterocycles. The minimum absolute atomic E-state index is 0.270. The van der Waals surface area contributed by atoms with Gasteiger partial charge in [0.2, 0.25) is 0 Å². The zero-order valence-electron chi connectivity index (χ0n) is 15.4. The van der Waals surface area contributed by atoms with E-state index in [2.05, 4.69) is 37.2 Å². The van der Waals surface area contributed by atoms with Crippen molar-refractivity contribution in [3.8, 4) is 23.3 Å². The maximum atomic E-state index is 9.72. The Kier molecular flexibility index (Phi) is 6.10. The summed E-state index contributed by atoms with van der Waals surface area (Å²) in [4.78, 5) is 0. The number of thiol groups is 1. The van der Waals surface area contributed by atoms with E-state index in [4.69, 9.17) is 13.7 Å². The fraction of sp³-hybridized carbons (Fsp3) is 0.227. The lowest BCUT2D eigenvalue weighted by Crippen LogP contribution is -2.02. The first-order valence-corrected chi connectivity index (χ1v) is 9.06. The van der Waals surface area contributed by atoms with Crippen molar-refractivity contribution in [3.05, 3.63) is 70.8 Å². The van der Waals surface area contributed by atoms with Crippen LogP contribution in [-0.2, 0) is 6.61 Å². The minimum Gasteiger partial charge on any atom is -0.496 e. The van der Waals surface area contributed by atoms with Crippen molar-refractivity contribution < 1.29 is 13.7 Å². The van der Waals surface area contributed by atoms with E-state index < -0.39 is 0 Å². The van der Waals surface area contributed by atoms with Crippen LogP contribution in [0.2, 0.25) is 0 Å². The molecule has 0 saturated carbocycles. The molecule has 0 saturated heterocycles. The Labute approximate surface area is 165 Å². The van der Waals surface area contributed by atoms with E-state index >= 15 is 0 Å². The Morgan fingerprint density at radius 3 is 2.67 bits per heavy atom. The Morgan fingerprint density at radius 1 is 1.19 bits per heavy atom. The molecular formula is C22H21NO3S. The number of ether oxygens (including phenoxy) is 2. The SMILES string of the molecule is COc1cc(OCc2cccc(C3=CCCC=C3)c2C#N)cc(OS)c1C. The molecule has 5 heteroatoms. The van der Waals surface area contributed by atoms with Gasteiger partial charge in [0.25, 0.3) is 0 Å². The molecule has 138 valence electrons. The van der Waals surface area contributed by atoms with Crippen LogP contribution >= 0.6 is 12.9 Å². The number of nitrogens with zero attached hydrogens (tertiary/aromatic N) is 1. The predicted molar refractivity (Wildman–Crippen MR) is 109 cm³/mol. The van der Waals surface area contributed by atoms with Crippen LogP contribution in [0.25, 0.3) is 5.57 Å². The van der Waals surface area contributed by atoms with Gasteiger partial charge in [0.05, 0.1) is 12.7 Å². The number of methoxy groups -OCH3 is 1. The molecule has 3 rings (SSSR count). The summed E-state index contributed by atoms with van der Waals surface area (Å²) >= 11 is 3.89. The summed E-state index contributed by atoms with van der Waals surface area (Å²) in [5, 5.41) is 9.72. The fourth-order valence-corrected chi connectivity index (χ4v) is 3.29. The number of benzene rings is 2. The molecular weight excluding hydrogens is 358 g/mol. The van der Waals surface area contributed by atoms with Crippen LogP contribution in [0.4, 0.5) is 0 Å². The van der Waals surface area contributed by atoms with Crippen molar-refractivity contribution in [1.29, 1.82) is 5.26 Å². The normalized spacial score (nSPS) is 12.9. The molecule has 0 unspecified atom stereocenters. The van der Waals surface area contributed by atoms with Gasteiger partial charge in [0, 0.05) is 36.2 Å². The summed E-state index contributed by atoms with van der Waals surface area (Å²) in [6.45, 7) is 2.16. The second kappa shape index (κ2) is 8.70. The molecule has 0 atom stereocenters. The molecule has 4 nitrogen and oxygen atoms in total. The third-order valence-electron chi connectivity index (χ3n) is 4.57. The molecule has 27 heavy (non-hydrogen) atoms. The van der Waals surface area contributed by atoms with Gasteiger partial charge in [0.15, 0.2) is 0 Å². The molecule has 0 heterocycles. The van der Waals surface area contributed by atoms with Crippen LogP contribution in [0, 0.1) is 18.3 Å². The van der Waals surface area contributed by atoms with Crippen molar-refractivity contribution in [1.82, 2.24) is 0 Å². The van der Waals surface area contributed by atoms with Crippen LogP contribution in [0.1, 0.15) is 35.1 Å². The van der Waals surface area contributed by atoms with E-state index in [0.717, 1.165) is 35.1 Å². The molecule has 0 fully saturated rings. The molecule has 0 N–H and O–H groups in total. The van der Waals surface area contributed by atoms with Gasteiger partial charge < -0.3 is 13.7 Å². The van der Waals surface area contributed by atoms with Gasteiger partial charge in [-0.1, -0.05) is 36.4 Å². The third-order valence-corrected chi connectivity index (χ3v) is 4.76. The van der Waals surface area contributed by atoms with E-state index in [-0.39, 0.29) is 6.61 Å². The maximum Gasteiger partial charge on any atom is 0.147 e. The van der Waals surface area contributed by atoms with Gasteiger partial charge in [-0.3, -0.25) is 0 Å². The predicted octanol–water partition coefficient (Wildman–Crippen LogP) is 5.41. The Morgan fingerprint density at radius 2 is 2.00 bits per heavy atom. The smallest absolute Gasteiger partial charge is 0.147 e. The first-order chi connectivity index (χ1) is 13.2. The zero-order valence-corrected chi connectivity index (χ0v) is 16.3. The highest BCUT2D eigenvalue weighted by Crippen LogP contribution is 2.34. The molecule has 0 radical (unpaired) electrons. The Balaban J connectivity index is 1.88. The van der Waals surface area contributed by atoms with Crippen molar-refractivity contribution in [3.63, 3.8) is 0 Å². The van der Waals surface area contributed by atoms with Gasteiger partial charge in [-0.15, -0.1) is 0 Å². The van der Waals surface area contributed by atoms with Gasteiger partial charge in [-0.2, -0.15) is 5.26 Å². The first-order valence-electron chi connectivity index (χ1n) is 8.69. The van der Waals surface area contributed by atoms with Crippen molar-refractivity contribution in [2.24, 2.45) is 0 Å². The largest absolute Gasteiger partial charge is 0.496 e. The number of allylic oxidation sites excluding steroid dienone is 4. The molecule has 1 aliphatic carbocycles. The molecule has 2 aromatic carbocycles. The lowest BCUT2D eigenvalue weighted by atomic mass is 9.93. The highest BCUT2D eigenvalue weighted by Gasteiger charge is 2.14. The number of hydrogen-bond acceptors (Lipinski definition) is 5. The monoisotopic (exact) mass is 379 g/mol. The summed E-state index contributed by atoms with van der Waals surface area (Å²) in [6, 6.07) is 11.7. The average molecular weight is 379 g/mol. The van der Waals surface area contributed by atoms with Gasteiger partial charge in [-0.05, 0) is 30.9 Å². The lowest BCUT2D eigenvalue weighted by Gasteiger charge is -2.15. The van der Waals surface area contributed by atoms with Crippen LogP contribution in [0.5, 0.6) is 17.2 Å². The van der Waals surface area contributed by atoms with Crippen molar-refractivity contribution >= 4 is 18.5 Å². The second-order valence-corrected chi connectivity index (χ2v) is 6.40. The summed E-state index contributed by atoms with van der Waals surface area (Å²) in [5.74, 6) is 1.82. The summed E-state index contributed by atoms with van der Waals surface area (Å²) < 4.78 is 16.4. The Bertz CT molecular complexity index is 916. The molecule has 0 bridgehead atoms. The fourth-order valence-electron chi connectivity index (χ4n) is 3.10. The lowest BCUT2D eigenvalue weighted by molar-refractivity contribution is 0.302. The van der Waals surface area contributed by atoms with E-state index in [0.29, 0.717) is 22.8 Å². The molecule has 1 aliphatic rings. The standard InChI is InChI=1S/C22H21NO3S/c1-15-21(24-2)11-18(12-22(15)26-27)25-14-17-9-6-10-19(20(17)13-23)16-7-4-3-5-8-16/h4,6-12,27H,3,5,14H2,1-2H3. The van der Waals surface area contributed by atoms with E-state index in [1.54, 1.807) is 19.2 Å². The van der Waals surface area contributed by atoms with Crippen LogP contribution in [0.15, 0.2) is 48.6 Å². The van der Waals surface area contributed by atoms with Crippen LogP contribution < -0.4 is 13.7 Å². The van der Waals surface area contributed by atoms with Crippen molar-refractivity contribution in [2.75, 3.05) is 7.11 Å². The number of rotatable bonds is 6. The molecule has 0 amide bonds. The first kappa shape index (κ1) is 18.9. The molecule has 2 aromatic rings. The molecule has 0 spiro atoms. The quantitative estimate of drug-likeness (QED) is 0.538. The second-order valence-electron chi connectivity index (χ2n) is 6.22. The van der Waals surface area contributed by atoms with Crippen LogP contribution in [-0.4, -0.2) is 7.11 Å². The summed E-state index contributed by atoms with van der Waals surface area (Å²) in [6.07, 6.45) is 8.41. The number of hydrogen-bond donors (Lipinski definition) is 1. The van der Waals surface area contributed by atoms with Gasteiger partial charge >= 0.3 is 0 Å². The topological polar surface area (TPSA) is 51.5 Å². The summed E-state index contributed by atoms with van der Waals surface area (Å²) in [7, 11) is 1.59. The van der Waals surface area contributed by atoms with E-state index in [9.17, 15) is 5.26 Å². The Hall–Kier alpha value is -2.84. The average Bonchev–Trinajstić information content (AvgIpc) is 2.73. The highest BCUT2D eigenvalue weighted by molar-refractivity contribution is 7.75. The highest BCUT2D eigenvalue weighted by atomic mass is 32.1. The maximum absolute atomic E-state index is 9.72. The van der Waals surface area contributed by atoms with E-state index in [1.165, 1.54) is 0 Å². The minimum atomic E-state index is 0.270. The van der Waals surface area contributed by atoms with Crippen molar-refractivity contribution in [2.45, 2.75) is 26.4 Å². The van der Waals surface area contributed by atoms with Gasteiger partial charge in [0.1, 0.15) is 29.9 Å². The van der Waals surface area contributed by atoms with E-state index in [1.807, 2.05) is 25.1 Å².